The van der Waals surface area contributed by atoms with Crippen molar-refractivity contribution in [2.45, 2.75) is 94.8 Å². The van der Waals surface area contributed by atoms with E-state index in [0.717, 1.165) is 25.8 Å². The molecule has 1 amide bonds. The number of hydrogen-bond acceptors (Lipinski definition) is 9. The number of hydrogen-bond donors (Lipinski definition) is 2. The summed E-state index contributed by atoms with van der Waals surface area (Å²) in [4.78, 5) is 28.2. The number of aromatic nitrogens is 5. The Balaban J connectivity index is 1.03. The fraction of sp³-hybridized carbons (Fsp3) is 0.444. The van der Waals surface area contributed by atoms with E-state index in [0.29, 0.717) is 23.5 Å². The van der Waals surface area contributed by atoms with Crippen LogP contribution < -0.4 is 10.6 Å². The van der Waals surface area contributed by atoms with E-state index < -0.39 is 30.3 Å². The first-order valence-electron chi connectivity index (χ1n) is 16.6. The molecule has 11 nitrogen and oxygen atoms in total. The van der Waals surface area contributed by atoms with Gasteiger partial charge in [-0.25, -0.2) is 15.0 Å². The van der Waals surface area contributed by atoms with Crippen molar-refractivity contribution >= 4 is 45.6 Å². The predicted molar refractivity (Wildman–Crippen MR) is 185 cm³/mol. The van der Waals surface area contributed by atoms with Crippen molar-refractivity contribution in [1.29, 1.82) is 0 Å². The van der Waals surface area contributed by atoms with Gasteiger partial charge in [-0.2, -0.15) is 0 Å². The highest BCUT2D eigenvalue weighted by atomic mass is 32.2. The Kier molecular flexibility index (Phi) is 7.94. The monoisotopic (exact) mass is 667 g/mol. The van der Waals surface area contributed by atoms with Crippen molar-refractivity contribution in [3.05, 3.63) is 77.5 Å². The molecule has 3 aliphatic rings. The summed E-state index contributed by atoms with van der Waals surface area (Å²) in [5.74, 6) is -0.367. The topological polar surface area (TPSA) is 117 Å². The van der Waals surface area contributed by atoms with Crippen LogP contribution in [0.1, 0.15) is 55.2 Å². The molecule has 5 aromatic rings. The second-order valence-corrected chi connectivity index (χ2v) is 14.5. The van der Waals surface area contributed by atoms with Gasteiger partial charge in [-0.15, -0.1) is 11.8 Å². The molecule has 5 heterocycles. The fourth-order valence-electron chi connectivity index (χ4n) is 6.97. The van der Waals surface area contributed by atoms with Gasteiger partial charge in [-0.05, 0) is 88.1 Å². The van der Waals surface area contributed by atoms with Crippen LogP contribution in [0.3, 0.4) is 0 Å². The number of thioether (sulfide) groups is 1. The lowest BCUT2D eigenvalue weighted by Gasteiger charge is -2.24. The molecule has 0 radical (unpaired) electrons. The van der Waals surface area contributed by atoms with Crippen LogP contribution in [0, 0.1) is 13.8 Å². The number of aryl methyl sites for hydroxylation is 2. The molecule has 2 saturated heterocycles. The number of benzene rings is 2. The first-order chi connectivity index (χ1) is 23.2. The third-order valence-electron chi connectivity index (χ3n) is 9.55. The van der Waals surface area contributed by atoms with Crippen LogP contribution in [0.2, 0.25) is 0 Å². The molecule has 48 heavy (non-hydrogen) atoms. The normalized spacial score (nSPS) is 23.2. The fourth-order valence-corrected chi connectivity index (χ4v) is 7.41. The molecule has 2 aliphatic heterocycles. The molecule has 2 N–H and O–H groups in total. The molecule has 2 aromatic carbocycles. The molecule has 3 fully saturated rings. The number of imidazole rings is 1. The number of nitrogens with one attached hydrogen (secondary N) is 2. The van der Waals surface area contributed by atoms with Crippen LogP contribution in [0.25, 0.3) is 22.1 Å². The summed E-state index contributed by atoms with van der Waals surface area (Å²) >= 11 is 1.76. The maximum absolute atomic E-state index is 13.1. The van der Waals surface area contributed by atoms with Gasteiger partial charge in [0.25, 0.3) is 5.91 Å². The zero-order valence-corrected chi connectivity index (χ0v) is 28.7. The van der Waals surface area contributed by atoms with E-state index in [1.807, 2.05) is 18.4 Å². The Hall–Kier alpha value is -3.97. The highest BCUT2D eigenvalue weighted by molar-refractivity contribution is 7.98. The summed E-state index contributed by atoms with van der Waals surface area (Å²) in [7, 11) is 0. The number of anilines is 1. The van der Waals surface area contributed by atoms with E-state index in [1.54, 1.807) is 18.1 Å². The summed E-state index contributed by atoms with van der Waals surface area (Å²) in [6.45, 7) is 9.52. The number of carbonyl (C=O) groups is 1. The van der Waals surface area contributed by atoms with E-state index in [4.69, 9.17) is 19.2 Å². The van der Waals surface area contributed by atoms with Gasteiger partial charge < -0.3 is 29.4 Å². The lowest BCUT2D eigenvalue weighted by molar-refractivity contribution is -0.197. The van der Waals surface area contributed by atoms with Gasteiger partial charge in [-0.3, -0.25) is 9.36 Å². The molecule has 12 heteroatoms. The minimum absolute atomic E-state index is 0.169. The lowest BCUT2D eigenvalue weighted by atomic mass is 10.1. The van der Waals surface area contributed by atoms with Crippen LogP contribution in [-0.2, 0) is 32.0 Å². The van der Waals surface area contributed by atoms with Crippen LogP contribution in [0.15, 0.2) is 60.1 Å². The van der Waals surface area contributed by atoms with E-state index >= 15 is 0 Å². The van der Waals surface area contributed by atoms with Gasteiger partial charge in [0.2, 0.25) is 0 Å². The summed E-state index contributed by atoms with van der Waals surface area (Å²) < 4.78 is 23.0. The molecule has 8 rings (SSSR count). The second kappa shape index (κ2) is 12.2. The number of carbonyl (C=O) groups excluding carboxylic acids is 1. The second-order valence-electron chi connectivity index (χ2n) is 13.6. The summed E-state index contributed by atoms with van der Waals surface area (Å²) in [5, 5.41) is 7.84. The molecule has 3 aromatic heterocycles. The van der Waals surface area contributed by atoms with Gasteiger partial charge in [0, 0.05) is 41.1 Å². The molecule has 0 spiro atoms. The summed E-state index contributed by atoms with van der Waals surface area (Å²) in [6.07, 6.45) is 7.95. The standard InChI is InChI=1S/C36H41N7O4S/c1-20-6-7-21(2)23(14-20)17-42-16-22(26-15-25(48-5)10-11-27(26)42)12-13-37-32-28-33(39-18-38-32)43(19-40-28)35-31-29(46-36(3,4)47-31)30(45-35)34(44)41-24-8-9-24/h6-7,10-11,14-16,18-19,24,29-31,35H,8-9,12-13,17H2,1-5H3,(H,41,44)(H,37,38,39)/t29-,30+,31-,35-/m1/s1. The SMILES string of the molecule is CSc1ccc2c(c1)c(CCNc1ncnc3c1ncn3[C@@H]1O[C@H](C(=O)NC3CC3)[C@H]3OC(C)(C)O[C@H]31)cn2Cc1cc(C)ccc1C. The first-order valence-corrected chi connectivity index (χ1v) is 17.8. The van der Waals surface area contributed by atoms with Gasteiger partial charge in [0.1, 0.15) is 18.5 Å². The Labute approximate surface area is 283 Å². The Morgan fingerprint density at radius 2 is 1.88 bits per heavy atom. The highest BCUT2D eigenvalue weighted by Gasteiger charge is 2.58. The zero-order chi connectivity index (χ0) is 33.2. The average molecular weight is 668 g/mol. The Bertz CT molecular complexity index is 2020. The van der Waals surface area contributed by atoms with Gasteiger partial charge in [0.05, 0.1) is 6.33 Å². The largest absolute Gasteiger partial charge is 0.368 e. The molecular formula is C36H41N7O4S. The third kappa shape index (κ3) is 5.84. The summed E-state index contributed by atoms with van der Waals surface area (Å²) in [5.41, 5.74) is 7.63. The number of amides is 1. The molecule has 250 valence electrons. The van der Waals surface area contributed by atoms with Crippen molar-refractivity contribution in [3.8, 4) is 0 Å². The van der Waals surface area contributed by atoms with E-state index in [-0.39, 0.29) is 11.9 Å². The van der Waals surface area contributed by atoms with Gasteiger partial charge >= 0.3 is 0 Å². The zero-order valence-electron chi connectivity index (χ0n) is 27.9. The maximum atomic E-state index is 13.1. The molecule has 1 aliphatic carbocycles. The lowest BCUT2D eigenvalue weighted by Crippen LogP contribution is -2.43. The molecule has 4 atom stereocenters. The Morgan fingerprint density at radius 3 is 2.69 bits per heavy atom. The van der Waals surface area contributed by atoms with Crippen LogP contribution in [0.4, 0.5) is 5.82 Å². The van der Waals surface area contributed by atoms with Crippen molar-refractivity contribution in [3.63, 3.8) is 0 Å². The van der Waals surface area contributed by atoms with Crippen LogP contribution in [-0.4, -0.2) is 72.9 Å². The number of nitrogens with zero attached hydrogens (tertiary/aromatic N) is 5. The van der Waals surface area contributed by atoms with Crippen molar-refractivity contribution in [1.82, 2.24) is 29.4 Å². The third-order valence-corrected chi connectivity index (χ3v) is 10.3. The quantitative estimate of drug-likeness (QED) is 0.186. The van der Waals surface area contributed by atoms with Gasteiger partial charge in [-0.1, -0.05) is 23.8 Å². The highest BCUT2D eigenvalue weighted by Crippen LogP contribution is 2.44. The first kappa shape index (κ1) is 31.3. The smallest absolute Gasteiger partial charge is 0.252 e. The number of fused-ring (bicyclic) bond motifs is 3. The van der Waals surface area contributed by atoms with E-state index in [2.05, 4.69) is 87.9 Å². The Morgan fingerprint density at radius 1 is 1.04 bits per heavy atom. The van der Waals surface area contributed by atoms with E-state index in [1.165, 1.54) is 44.4 Å². The van der Waals surface area contributed by atoms with Gasteiger partial charge in [0.15, 0.2) is 35.1 Å². The summed E-state index contributed by atoms with van der Waals surface area (Å²) in [6, 6.07) is 13.6. The predicted octanol–water partition coefficient (Wildman–Crippen LogP) is 5.52. The maximum Gasteiger partial charge on any atom is 0.252 e. The molecule has 0 unspecified atom stereocenters. The average Bonchev–Trinajstić information content (AvgIpc) is 3.36. The number of ether oxygens (including phenoxy) is 3. The van der Waals surface area contributed by atoms with Crippen molar-refractivity contribution in [2.24, 2.45) is 0 Å². The molecule has 0 bridgehead atoms. The van der Waals surface area contributed by atoms with Crippen molar-refractivity contribution < 1.29 is 19.0 Å². The van der Waals surface area contributed by atoms with Crippen LogP contribution >= 0.6 is 11.8 Å². The minimum atomic E-state index is -0.841. The molecule has 1 saturated carbocycles. The van der Waals surface area contributed by atoms with Crippen LogP contribution in [0.5, 0.6) is 0 Å². The molecular weight excluding hydrogens is 627 g/mol. The van der Waals surface area contributed by atoms with Crippen molar-refractivity contribution in [2.75, 3.05) is 18.1 Å². The number of rotatable bonds is 10. The minimum Gasteiger partial charge on any atom is -0.368 e. The van der Waals surface area contributed by atoms with E-state index in [9.17, 15) is 4.79 Å².